The molecule has 98 valence electrons. The molecule has 0 bridgehead atoms. The van der Waals surface area contributed by atoms with E-state index in [0.29, 0.717) is 11.2 Å². The lowest BCUT2D eigenvalue weighted by Crippen LogP contribution is -2.35. The summed E-state index contributed by atoms with van der Waals surface area (Å²) in [6.07, 6.45) is 1.58. The van der Waals surface area contributed by atoms with Crippen LogP contribution in [0.4, 0.5) is 0 Å². The van der Waals surface area contributed by atoms with Gasteiger partial charge in [0.2, 0.25) is 0 Å². The van der Waals surface area contributed by atoms with Crippen LogP contribution in [0, 0.1) is 0 Å². The van der Waals surface area contributed by atoms with Crippen LogP contribution in [0.3, 0.4) is 0 Å². The molecule has 3 N–H and O–H groups in total. The number of H-pyrrole nitrogens is 2. The number of carbonyl (C=O) groups is 2. The lowest BCUT2D eigenvalue weighted by molar-refractivity contribution is -0.109. The summed E-state index contributed by atoms with van der Waals surface area (Å²) < 4.78 is 0. The van der Waals surface area contributed by atoms with E-state index in [4.69, 9.17) is 0 Å². The highest BCUT2D eigenvalue weighted by Crippen LogP contribution is 2.17. The molecule has 2 heterocycles. The molecule has 0 fully saturated rings. The Hall–Kier alpha value is -2.48. The summed E-state index contributed by atoms with van der Waals surface area (Å²) in [5, 5.41) is 4.18. The van der Waals surface area contributed by atoms with Gasteiger partial charge in [-0.1, -0.05) is 6.07 Å². The first-order chi connectivity index (χ1) is 9.11. The molecule has 0 spiro atoms. The number of aldehydes is 1. The maximum absolute atomic E-state index is 11.8. The van der Waals surface area contributed by atoms with Gasteiger partial charge in [-0.2, -0.15) is 0 Å². The molecule has 1 amide bonds. The molecule has 0 aliphatic carbocycles. The lowest BCUT2D eigenvalue weighted by atomic mass is 10.2. The summed E-state index contributed by atoms with van der Waals surface area (Å²) >= 11 is 1.31. The molecule has 1 atom stereocenters. The maximum Gasteiger partial charge on any atom is 0.325 e. The van der Waals surface area contributed by atoms with Crippen LogP contribution in [0.5, 0.6) is 0 Å². The van der Waals surface area contributed by atoms with Crippen molar-refractivity contribution in [3.05, 3.63) is 55.0 Å². The van der Waals surface area contributed by atoms with E-state index in [1.807, 2.05) is 4.98 Å². The first kappa shape index (κ1) is 13.0. The Morgan fingerprint density at radius 1 is 1.42 bits per heavy atom. The number of aromatic amines is 2. The molecule has 2 aromatic rings. The van der Waals surface area contributed by atoms with Crippen molar-refractivity contribution >= 4 is 23.5 Å². The van der Waals surface area contributed by atoms with E-state index in [0.717, 1.165) is 6.20 Å². The molecular weight excluding hydrogens is 270 g/mol. The van der Waals surface area contributed by atoms with E-state index in [2.05, 4.69) is 10.3 Å². The minimum atomic E-state index is -0.821. The molecule has 1 unspecified atom stereocenters. The molecule has 2 rings (SSSR count). The molecule has 19 heavy (non-hydrogen) atoms. The summed E-state index contributed by atoms with van der Waals surface area (Å²) in [6.45, 7) is 0. The summed E-state index contributed by atoms with van der Waals surface area (Å²) in [5.74, 6) is -0.733. The average Bonchev–Trinajstić information content (AvgIpc) is 2.89. The predicted octanol–water partition coefficient (Wildman–Crippen LogP) is -0.205. The van der Waals surface area contributed by atoms with Gasteiger partial charge in [0.25, 0.3) is 11.5 Å². The third-order valence-electron chi connectivity index (χ3n) is 2.34. The van der Waals surface area contributed by atoms with Crippen molar-refractivity contribution in [3.63, 3.8) is 0 Å². The van der Waals surface area contributed by atoms with Gasteiger partial charge >= 0.3 is 5.69 Å². The Kier molecular flexibility index (Phi) is 3.71. The fraction of sp³-hybridized carbons (Fsp3) is 0.0909. The van der Waals surface area contributed by atoms with Crippen LogP contribution in [0.2, 0.25) is 0 Å². The number of hydrogen-bond acceptors (Lipinski definition) is 5. The molecule has 0 aromatic carbocycles. The molecule has 8 heteroatoms. The third kappa shape index (κ3) is 2.86. The van der Waals surface area contributed by atoms with Crippen LogP contribution in [-0.4, -0.2) is 22.2 Å². The average molecular weight is 279 g/mol. The summed E-state index contributed by atoms with van der Waals surface area (Å²) in [5.41, 5.74) is -1.77. The Labute approximate surface area is 110 Å². The van der Waals surface area contributed by atoms with E-state index in [9.17, 15) is 19.2 Å². The molecule has 2 aromatic heterocycles. The zero-order valence-corrected chi connectivity index (χ0v) is 10.3. The molecule has 7 nitrogen and oxygen atoms in total. The molecular formula is C11H9N3O4S. The fourth-order valence-corrected chi connectivity index (χ4v) is 2.17. The largest absolute Gasteiger partial charge is 0.337 e. The van der Waals surface area contributed by atoms with E-state index in [-0.39, 0.29) is 5.56 Å². The normalized spacial score (nSPS) is 11.8. The summed E-state index contributed by atoms with van der Waals surface area (Å²) in [4.78, 5) is 49.8. The van der Waals surface area contributed by atoms with Crippen molar-refractivity contribution in [1.82, 2.24) is 15.3 Å². The maximum atomic E-state index is 11.8. The van der Waals surface area contributed by atoms with Crippen molar-refractivity contribution in [2.45, 2.75) is 6.04 Å². The van der Waals surface area contributed by atoms with Gasteiger partial charge in [0.15, 0.2) is 0 Å². The number of thiophene rings is 1. The summed E-state index contributed by atoms with van der Waals surface area (Å²) in [7, 11) is 0. The monoisotopic (exact) mass is 279 g/mol. The quantitative estimate of drug-likeness (QED) is 0.672. The van der Waals surface area contributed by atoms with Gasteiger partial charge in [-0.3, -0.25) is 14.6 Å². The van der Waals surface area contributed by atoms with Crippen molar-refractivity contribution in [2.75, 3.05) is 0 Å². The zero-order chi connectivity index (χ0) is 13.8. The zero-order valence-electron chi connectivity index (χ0n) is 9.51. The number of amides is 1. The third-order valence-corrected chi connectivity index (χ3v) is 3.29. The van der Waals surface area contributed by atoms with Crippen LogP contribution in [0.15, 0.2) is 33.3 Å². The van der Waals surface area contributed by atoms with Crippen LogP contribution in [0.1, 0.15) is 21.3 Å². The van der Waals surface area contributed by atoms with Gasteiger partial charge < -0.3 is 15.1 Å². The highest BCUT2D eigenvalue weighted by atomic mass is 32.1. The second kappa shape index (κ2) is 5.44. The first-order valence-corrected chi connectivity index (χ1v) is 6.11. The van der Waals surface area contributed by atoms with Gasteiger partial charge in [0.1, 0.15) is 17.9 Å². The lowest BCUT2D eigenvalue weighted by Gasteiger charge is -2.10. The van der Waals surface area contributed by atoms with Crippen LogP contribution in [-0.2, 0) is 4.79 Å². The van der Waals surface area contributed by atoms with Crippen LogP contribution >= 0.6 is 11.3 Å². The Morgan fingerprint density at radius 3 is 2.79 bits per heavy atom. The smallest absolute Gasteiger partial charge is 0.325 e. The van der Waals surface area contributed by atoms with Crippen LogP contribution < -0.4 is 16.6 Å². The van der Waals surface area contributed by atoms with Gasteiger partial charge in [-0.05, 0) is 11.4 Å². The number of carbonyl (C=O) groups excluding carboxylic acids is 2. The van der Waals surface area contributed by atoms with E-state index in [1.54, 1.807) is 17.5 Å². The van der Waals surface area contributed by atoms with E-state index in [1.165, 1.54) is 11.3 Å². The topological polar surface area (TPSA) is 112 Å². The Morgan fingerprint density at radius 2 is 2.21 bits per heavy atom. The minimum absolute atomic E-state index is 0.261. The Balaban J connectivity index is 2.23. The second-order valence-electron chi connectivity index (χ2n) is 3.59. The molecule has 0 saturated heterocycles. The van der Waals surface area contributed by atoms with Crippen molar-refractivity contribution < 1.29 is 9.59 Å². The molecule has 0 saturated carbocycles. The van der Waals surface area contributed by atoms with Gasteiger partial charge in [-0.15, -0.1) is 11.3 Å². The molecule has 0 radical (unpaired) electrons. The number of aromatic nitrogens is 2. The van der Waals surface area contributed by atoms with Crippen molar-refractivity contribution in [1.29, 1.82) is 0 Å². The van der Waals surface area contributed by atoms with Gasteiger partial charge in [-0.25, -0.2) is 4.79 Å². The van der Waals surface area contributed by atoms with Gasteiger partial charge in [0.05, 0.1) is 0 Å². The number of rotatable bonds is 4. The SMILES string of the molecule is O=CC(NC(=O)c1c[nH]c(=O)[nH]c1=O)c1cccs1. The highest BCUT2D eigenvalue weighted by molar-refractivity contribution is 7.10. The number of nitrogens with one attached hydrogen (secondary N) is 3. The minimum Gasteiger partial charge on any atom is -0.337 e. The second-order valence-corrected chi connectivity index (χ2v) is 4.57. The molecule has 0 aliphatic heterocycles. The highest BCUT2D eigenvalue weighted by Gasteiger charge is 2.18. The standard InChI is InChI=1S/C11H9N3O4S/c15-5-7(8-2-1-3-19-8)13-9(16)6-4-12-11(18)14-10(6)17/h1-5,7H,(H,13,16)(H2,12,14,17,18). The fourth-order valence-electron chi connectivity index (χ4n) is 1.44. The Bertz CT molecular complexity index is 701. The number of hydrogen-bond donors (Lipinski definition) is 3. The summed E-state index contributed by atoms with van der Waals surface area (Å²) in [6, 6.07) is 2.62. The van der Waals surface area contributed by atoms with E-state index < -0.39 is 23.2 Å². The van der Waals surface area contributed by atoms with Crippen LogP contribution in [0.25, 0.3) is 0 Å². The first-order valence-electron chi connectivity index (χ1n) is 5.23. The molecule has 0 aliphatic rings. The van der Waals surface area contributed by atoms with Crippen molar-refractivity contribution in [2.24, 2.45) is 0 Å². The van der Waals surface area contributed by atoms with Gasteiger partial charge in [0, 0.05) is 11.1 Å². The predicted molar refractivity (Wildman–Crippen MR) is 68.3 cm³/mol. The van der Waals surface area contributed by atoms with Crippen molar-refractivity contribution in [3.8, 4) is 0 Å². The van der Waals surface area contributed by atoms with E-state index >= 15 is 0 Å².